The van der Waals surface area contributed by atoms with Crippen LogP contribution in [-0.4, -0.2) is 55.9 Å². The van der Waals surface area contributed by atoms with E-state index in [1.165, 1.54) is 0 Å². The monoisotopic (exact) mass is 370 g/mol. The summed E-state index contributed by atoms with van der Waals surface area (Å²) in [5.41, 5.74) is 2.00. The first-order chi connectivity index (χ1) is 13.2. The van der Waals surface area contributed by atoms with Crippen LogP contribution in [0.4, 0.5) is 5.69 Å². The van der Waals surface area contributed by atoms with Crippen molar-refractivity contribution < 1.29 is 19.4 Å². The van der Waals surface area contributed by atoms with Crippen LogP contribution in [0.25, 0.3) is 0 Å². The molecule has 2 N–H and O–H groups in total. The molecule has 6 heteroatoms. The molecule has 1 unspecified atom stereocenters. The molecule has 1 atom stereocenters. The minimum absolute atomic E-state index is 0.229. The number of methoxy groups -OCH3 is 1. The van der Waals surface area contributed by atoms with Gasteiger partial charge < -0.3 is 19.9 Å². The fraction of sp³-hybridized carbons (Fsp3) is 0.381. The molecule has 1 heterocycles. The molecule has 144 valence electrons. The van der Waals surface area contributed by atoms with Gasteiger partial charge in [-0.1, -0.05) is 24.3 Å². The standard InChI is InChI=1S/C21H26N2O4/c1-26-20-5-3-2-4-18(20)21(25)22-17-8-6-16(7-9-17)19(24)10-11-23-12-14-27-15-13-23/h2-9,19,24H,10-15H2,1H3,(H,22,25). The van der Waals surface area contributed by atoms with E-state index in [4.69, 9.17) is 9.47 Å². The number of nitrogens with one attached hydrogen (secondary N) is 1. The molecule has 0 aliphatic carbocycles. The van der Waals surface area contributed by atoms with Crippen molar-refractivity contribution in [1.82, 2.24) is 4.90 Å². The Labute approximate surface area is 159 Å². The summed E-state index contributed by atoms with van der Waals surface area (Å²) in [6.07, 6.45) is 0.152. The molecule has 2 aromatic carbocycles. The van der Waals surface area contributed by atoms with Crippen molar-refractivity contribution in [1.29, 1.82) is 0 Å². The van der Waals surface area contributed by atoms with Gasteiger partial charge in [0.1, 0.15) is 5.75 Å². The molecule has 0 radical (unpaired) electrons. The van der Waals surface area contributed by atoms with Gasteiger partial charge in [-0.2, -0.15) is 0 Å². The molecule has 0 saturated carbocycles. The molecule has 1 aliphatic rings. The van der Waals surface area contributed by atoms with Gasteiger partial charge in [0, 0.05) is 25.3 Å². The molecule has 27 heavy (non-hydrogen) atoms. The van der Waals surface area contributed by atoms with Crippen molar-refractivity contribution in [2.45, 2.75) is 12.5 Å². The maximum Gasteiger partial charge on any atom is 0.259 e. The van der Waals surface area contributed by atoms with Gasteiger partial charge in [0.2, 0.25) is 0 Å². The zero-order chi connectivity index (χ0) is 19.1. The number of aliphatic hydroxyl groups excluding tert-OH is 1. The minimum atomic E-state index is -0.521. The third-order valence-electron chi connectivity index (χ3n) is 4.73. The number of morpholine rings is 1. The number of carbonyl (C=O) groups is 1. The fourth-order valence-electron chi connectivity index (χ4n) is 3.12. The van der Waals surface area contributed by atoms with E-state index in [1.807, 2.05) is 18.2 Å². The lowest BCUT2D eigenvalue weighted by Gasteiger charge is -2.27. The number of benzene rings is 2. The minimum Gasteiger partial charge on any atom is -0.496 e. The van der Waals surface area contributed by atoms with E-state index in [0.717, 1.165) is 38.4 Å². The predicted molar refractivity (Wildman–Crippen MR) is 104 cm³/mol. The highest BCUT2D eigenvalue weighted by atomic mass is 16.5. The molecule has 2 aromatic rings. The van der Waals surface area contributed by atoms with E-state index in [0.29, 0.717) is 23.4 Å². The number of ether oxygens (including phenoxy) is 2. The Morgan fingerprint density at radius 1 is 1.19 bits per heavy atom. The second-order valence-electron chi connectivity index (χ2n) is 6.53. The van der Waals surface area contributed by atoms with Gasteiger partial charge in [0.25, 0.3) is 5.91 Å². The van der Waals surface area contributed by atoms with E-state index in [9.17, 15) is 9.90 Å². The number of aliphatic hydroxyl groups is 1. The first-order valence-electron chi connectivity index (χ1n) is 9.20. The summed E-state index contributed by atoms with van der Waals surface area (Å²) in [6, 6.07) is 14.4. The van der Waals surface area contributed by atoms with Crippen LogP contribution < -0.4 is 10.1 Å². The van der Waals surface area contributed by atoms with Crippen LogP contribution in [0, 0.1) is 0 Å². The first kappa shape index (κ1) is 19.4. The number of nitrogens with zero attached hydrogens (tertiary/aromatic N) is 1. The maximum atomic E-state index is 12.4. The smallest absolute Gasteiger partial charge is 0.259 e. The number of carbonyl (C=O) groups excluding carboxylic acids is 1. The third-order valence-corrected chi connectivity index (χ3v) is 4.73. The first-order valence-corrected chi connectivity index (χ1v) is 9.20. The van der Waals surface area contributed by atoms with Crippen molar-refractivity contribution in [2.75, 3.05) is 45.3 Å². The molecule has 0 bridgehead atoms. The Bertz CT molecular complexity index is 742. The largest absolute Gasteiger partial charge is 0.496 e. The van der Waals surface area contributed by atoms with Crippen molar-refractivity contribution in [3.05, 3.63) is 59.7 Å². The normalized spacial score (nSPS) is 15.9. The Hall–Kier alpha value is -2.41. The number of amides is 1. The summed E-state index contributed by atoms with van der Waals surface area (Å²) in [6.45, 7) is 4.20. The van der Waals surface area contributed by atoms with E-state index in [1.54, 1.807) is 37.4 Å². The van der Waals surface area contributed by atoms with E-state index in [2.05, 4.69) is 10.2 Å². The van der Waals surface area contributed by atoms with Gasteiger partial charge in [-0.05, 0) is 36.2 Å². The van der Waals surface area contributed by atoms with E-state index < -0.39 is 6.10 Å². The molecule has 6 nitrogen and oxygen atoms in total. The summed E-state index contributed by atoms with van der Waals surface area (Å²) < 4.78 is 10.6. The van der Waals surface area contributed by atoms with Crippen molar-refractivity contribution >= 4 is 11.6 Å². The topological polar surface area (TPSA) is 71.0 Å². The molecule has 0 aromatic heterocycles. The Kier molecular flexibility index (Phi) is 6.81. The summed E-state index contributed by atoms with van der Waals surface area (Å²) in [5.74, 6) is 0.304. The third kappa shape index (κ3) is 5.29. The zero-order valence-electron chi connectivity index (χ0n) is 15.6. The lowest BCUT2D eigenvalue weighted by Crippen LogP contribution is -2.37. The molecule has 1 saturated heterocycles. The van der Waals surface area contributed by atoms with Crippen LogP contribution >= 0.6 is 0 Å². The number of para-hydroxylation sites is 1. The van der Waals surface area contributed by atoms with Crippen LogP contribution in [0.3, 0.4) is 0 Å². The van der Waals surface area contributed by atoms with E-state index >= 15 is 0 Å². The van der Waals surface area contributed by atoms with Gasteiger partial charge in [0.15, 0.2) is 0 Å². The van der Waals surface area contributed by atoms with Crippen LogP contribution in [0.1, 0.15) is 28.4 Å². The molecule has 0 spiro atoms. The molecule has 3 rings (SSSR count). The second kappa shape index (κ2) is 9.50. The molecule has 1 aliphatic heterocycles. The molecule has 1 fully saturated rings. The second-order valence-corrected chi connectivity index (χ2v) is 6.53. The predicted octanol–water partition coefficient (Wildman–Crippen LogP) is 2.70. The summed E-state index contributed by atoms with van der Waals surface area (Å²) in [7, 11) is 1.54. The Balaban J connectivity index is 1.55. The number of rotatable bonds is 7. The van der Waals surface area contributed by atoms with Crippen LogP contribution in [0.5, 0.6) is 5.75 Å². The maximum absolute atomic E-state index is 12.4. The van der Waals surface area contributed by atoms with Gasteiger partial charge >= 0.3 is 0 Å². The fourth-order valence-corrected chi connectivity index (χ4v) is 3.12. The van der Waals surface area contributed by atoms with E-state index in [-0.39, 0.29) is 5.91 Å². The number of hydrogen-bond donors (Lipinski definition) is 2. The highest BCUT2D eigenvalue weighted by Gasteiger charge is 2.15. The van der Waals surface area contributed by atoms with Crippen molar-refractivity contribution in [2.24, 2.45) is 0 Å². The highest BCUT2D eigenvalue weighted by molar-refractivity contribution is 6.06. The average Bonchev–Trinajstić information content (AvgIpc) is 2.73. The zero-order valence-corrected chi connectivity index (χ0v) is 15.6. The summed E-state index contributed by atoms with van der Waals surface area (Å²) in [5, 5.41) is 13.3. The van der Waals surface area contributed by atoms with Crippen LogP contribution in [0.2, 0.25) is 0 Å². The average molecular weight is 370 g/mol. The van der Waals surface area contributed by atoms with Crippen molar-refractivity contribution in [3.63, 3.8) is 0 Å². The summed E-state index contributed by atoms with van der Waals surface area (Å²) in [4.78, 5) is 14.7. The Morgan fingerprint density at radius 3 is 2.59 bits per heavy atom. The Morgan fingerprint density at radius 2 is 1.89 bits per heavy atom. The van der Waals surface area contributed by atoms with Crippen molar-refractivity contribution in [3.8, 4) is 5.75 Å². The van der Waals surface area contributed by atoms with Crippen LogP contribution in [0.15, 0.2) is 48.5 Å². The van der Waals surface area contributed by atoms with Gasteiger partial charge in [-0.3, -0.25) is 9.69 Å². The summed E-state index contributed by atoms with van der Waals surface area (Å²) >= 11 is 0. The highest BCUT2D eigenvalue weighted by Crippen LogP contribution is 2.22. The lowest BCUT2D eigenvalue weighted by atomic mass is 10.1. The van der Waals surface area contributed by atoms with Gasteiger partial charge in [-0.15, -0.1) is 0 Å². The lowest BCUT2D eigenvalue weighted by molar-refractivity contribution is 0.0300. The number of anilines is 1. The van der Waals surface area contributed by atoms with Crippen LogP contribution in [-0.2, 0) is 4.74 Å². The van der Waals surface area contributed by atoms with Gasteiger partial charge in [-0.25, -0.2) is 0 Å². The number of hydrogen-bond acceptors (Lipinski definition) is 5. The SMILES string of the molecule is COc1ccccc1C(=O)Nc1ccc(C(O)CCN2CCOCC2)cc1. The quantitative estimate of drug-likeness (QED) is 0.784. The molecular formula is C21H26N2O4. The molecule has 1 amide bonds. The molecular weight excluding hydrogens is 344 g/mol. The van der Waals surface area contributed by atoms with Gasteiger partial charge in [0.05, 0.1) is 32.0 Å².